The first-order valence-electron chi connectivity index (χ1n) is 10.1. The van der Waals surface area contributed by atoms with E-state index in [4.69, 9.17) is 9.47 Å². The smallest absolute Gasteiger partial charge is 0.224 e. The molecule has 0 bridgehead atoms. The van der Waals surface area contributed by atoms with Gasteiger partial charge in [-0.05, 0) is 42.7 Å². The Morgan fingerprint density at radius 2 is 1.71 bits per heavy atom. The summed E-state index contributed by atoms with van der Waals surface area (Å²) in [5.41, 5.74) is 2.62. The van der Waals surface area contributed by atoms with E-state index < -0.39 is 0 Å². The van der Waals surface area contributed by atoms with E-state index in [1.54, 1.807) is 14.2 Å². The summed E-state index contributed by atoms with van der Waals surface area (Å²) >= 11 is 0. The van der Waals surface area contributed by atoms with Crippen LogP contribution in [0.5, 0.6) is 11.5 Å². The number of halogens is 1. The lowest BCUT2D eigenvalue weighted by Gasteiger charge is -2.14. The molecule has 0 aliphatic heterocycles. The summed E-state index contributed by atoms with van der Waals surface area (Å²) in [6.45, 7) is 7.26. The van der Waals surface area contributed by atoms with Crippen LogP contribution in [0, 0.1) is 5.92 Å². The highest BCUT2D eigenvalue weighted by atomic mass is 127. The molecule has 0 spiro atoms. The van der Waals surface area contributed by atoms with E-state index in [0.717, 1.165) is 23.5 Å². The number of nitrogens with one attached hydrogen (secondary N) is 3. The number of nitrogens with zero attached hydrogens (tertiary/aromatic N) is 1. The van der Waals surface area contributed by atoms with E-state index >= 15 is 0 Å². The van der Waals surface area contributed by atoms with E-state index in [1.165, 1.54) is 0 Å². The normalized spacial score (nSPS) is 10.8. The van der Waals surface area contributed by atoms with Crippen molar-refractivity contribution in [1.29, 1.82) is 0 Å². The molecule has 170 valence electrons. The van der Waals surface area contributed by atoms with Crippen molar-refractivity contribution < 1.29 is 14.3 Å². The van der Waals surface area contributed by atoms with Crippen molar-refractivity contribution in [1.82, 2.24) is 5.32 Å². The highest BCUT2D eigenvalue weighted by Gasteiger charge is 2.07. The first-order chi connectivity index (χ1) is 14.4. The Morgan fingerprint density at radius 1 is 1.00 bits per heavy atom. The average molecular weight is 540 g/mol. The Kier molecular flexibility index (Phi) is 11.8. The molecule has 3 N–H and O–H groups in total. The zero-order valence-electron chi connectivity index (χ0n) is 18.8. The Bertz CT molecular complexity index is 872. The molecule has 0 aromatic heterocycles. The lowest BCUT2D eigenvalue weighted by atomic mass is 10.1. The van der Waals surface area contributed by atoms with Gasteiger partial charge in [-0.1, -0.05) is 26.0 Å². The van der Waals surface area contributed by atoms with Gasteiger partial charge in [-0.25, -0.2) is 4.99 Å². The molecular weight excluding hydrogens is 507 g/mol. The predicted molar refractivity (Wildman–Crippen MR) is 138 cm³/mol. The number of aliphatic imine (C=N–C) groups is 1. The molecule has 0 saturated carbocycles. The Labute approximate surface area is 202 Å². The molecule has 0 aliphatic carbocycles. The summed E-state index contributed by atoms with van der Waals surface area (Å²) in [7, 11) is 3.21. The van der Waals surface area contributed by atoms with Crippen LogP contribution in [0.1, 0.15) is 32.8 Å². The quantitative estimate of drug-likeness (QED) is 0.240. The fourth-order valence-corrected chi connectivity index (χ4v) is 2.86. The Balaban J connectivity index is 0.00000480. The molecule has 0 fully saturated rings. The zero-order valence-corrected chi connectivity index (χ0v) is 21.2. The first-order valence-corrected chi connectivity index (χ1v) is 10.1. The molecule has 31 heavy (non-hydrogen) atoms. The number of carbonyl (C=O) groups is 1. The summed E-state index contributed by atoms with van der Waals surface area (Å²) < 4.78 is 10.6. The van der Waals surface area contributed by atoms with Gasteiger partial charge in [0.05, 0.1) is 20.8 Å². The number of anilines is 2. The molecule has 2 aromatic rings. The lowest BCUT2D eigenvalue weighted by Crippen LogP contribution is -2.30. The van der Waals surface area contributed by atoms with Crippen LogP contribution in [0.3, 0.4) is 0 Å². The molecule has 7 nitrogen and oxygen atoms in total. The van der Waals surface area contributed by atoms with Gasteiger partial charge in [0.25, 0.3) is 0 Å². The highest BCUT2D eigenvalue weighted by Crippen LogP contribution is 2.29. The van der Waals surface area contributed by atoms with Crippen LogP contribution in [-0.2, 0) is 11.3 Å². The van der Waals surface area contributed by atoms with Crippen LogP contribution >= 0.6 is 24.0 Å². The van der Waals surface area contributed by atoms with Gasteiger partial charge in [0.2, 0.25) is 5.91 Å². The number of hydrogen-bond donors (Lipinski definition) is 3. The molecule has 0 atom stereocenters. The van der Waals surface area contributed by atoms with E-state index in [-0.39, 0.29) is 29.9 Å². The fourth-order valence-electron chi connectivity index (χ4n) is 2.86. The zero-order chi connectivity index (χ0) is 21.9. The number of rotatable bonds is 9. The number of amides is 1. The third kappa shape index (κ3) is 9.04. The number of methoxy groups -OCH3 is 2. The monoisotopic (exact) mass is 540 g/mol. The SMILES string of the molecule is CCNC(=NCc1cccc(NC(=O)CC(C)C)c1)Nc1ccc(OC)c(OC)c1.I. The van der Waals surface area contributed by atoms with Crippen LogP contribution in [0.4, 0.5) is 11.4 Å². The summed E-state index contributed by atoms with van der Waals surface area (Å²) in [5, 5.41) is 9.46. The average Bonchev–Trinajstić information content (AvgIpc) is 2.71. The number of guanidine groups is 1. The van der Waals surface area contributed by atoms with Gasteiger partial charge in [-0.2, -0.15) is 0 Å². The number of ether oxygens (including phenoxy) is 2. The van der Waals surface area contributed by atoms with E-state index in [2.05, 4.69) is 20.9 Å². The molecule has 2 aromatic carbocycles. The van der Waals surface area contributed by atoms with Crippen LogP contribution < -0.4 is 25.4 Å². The van der Waals surface area contributed by atoms with Crippen molar-refractivity contribution in [3.63, 3.8) is 0 Å². The summed E-state index contributed by atoms with van der Waals surface area (Å²) in [5.74, 6) is 2.31. The van der Waals surface area contributed by atoms with Gasteiger partial charge < -0.3 is 25.4 Å². The molecule has 0 saturated heterocycles. The van der Waals surface area contributed by atoms with Crippen molar-refractivity contribution in [2.75, 3.05) is 31.4 Å². The summed E-state index contributed by atoms with van der Waals surface area (Å²) in [6, 6.07) is 13.3. The van der Waals surface area contributed by atoms with Crippen molar-refractivity contribution in [3.8, 4) is 11.5 Å². The fraction of sp³-hybridized carbons (Fsp3) is 0.391. The molecule has 2 rings (SSSR count). The Morgan fingerprint density at radius 3 is 2.35 bits per heavy atom. The largest absolute Gasteiger partial charge is 0.493 e. The van der Waals surface area contributed by atoms with Gasteiger partial charge in [-0.15, -0.1) is 24.0 Å². The van der Waals surface area contributed by atoms with Crippen molar-refractivity contribution >= 4 is 47.2 Å². The predicted octanol–water partition coefficient (Wildman–Crippen LogP) is 4.88. The standard InChI is InChI=1S/C23H32N4O3.HI/c1-6-24-23(27-19-10-11-20(29-4)21(14-19)30-5)25-15-17-8-7-9-18(13-17)26-22(28)12-16(2)3;/h7-11,13-14,16H,6,12,15H2,1-5H3,(H,26,28)(H2,24,25,27);1H. The minimum atomic E-state index is 0. The number of carbonyl (C=O) groups excluding carboxylic acids is 1. The molecule has 0 heterocycles. The van der Waals surface area contributed by atoms with Gasteiger partial charge >= 0.3 is 0 Å². The minimum absolute atomic E-state index is 0. The second-order valence-electron chi connectivity index (χ2n) is 7.24. The van der Waals surface area contributed by atoms with E-state index in [0.29, 0.717) is 36.3 Å². The molecule has 0 aliphatic rings. The van der Waals surface area contributed by atoms with Crippen molar-refractivity contribution in [3.05, 3.63) is 48.0 Å². The molecular formula is C23H33IN4O3. The molecule has 8 heteroatoms. The maximum atomic E-state index is 12.0. The van der Waals surface area contributed by atoms with Crippen LogP contribution in [0.15, 0.2) is 47.5 Å². The van der Waals surface area contributed by atoms with E-state index in [1.807, 2.05) is 63.2 Å². The topological polar surface area (TPSA) is 84.0 Å². The van der Waals surface area contributed by atoms with Gasteiger partial charge in [-0.3, -0.25) is 4.79 Å². The van der Waals surface area contributed by atoms with Gasteiger partial charge in [0.15, 0.2) is 17.5 Å². The van der Waals surface area contributed by atoms with Crippen LogP contribution in [0.2, 0.25) is 0 Å². The van der Waals surface area contributed by atoms with Crippen LogP contribution in [-0.4, -0.2) is 32.6 Å². The first kappa shape index (κ1) is 26.5. The minimum Gasteiger partial charge on any atom is -0.493 e. The third-order valence-corrected chi connectivity index (χ3v) is 4.21. The van der Waals surface area contributed by atoms with Gasteiger partial charge in [0.1, 0.15) is 0 Å². The molecule has 1 amide bonds. The molecule has 0 unspecified atom stereocenters. The maximum Gasteiger partial charge on any atom is 0.224 e. The summed E-state index contributed by atoms with van der Waals surface area (Å²) in [4.78, 5) is 16.7. The lowest BCUT2D eigenvalue weighted by molar-refractivity contribution is -0.116. The van der Waals surface area contributed by atoms with Gasteiger partial charge in [0, 0.05) is 30.4 Å². The third-order valence-electron chi connectivity index (χ3n) is 4.21. The van der Waals surface area contributed by atoms with Crippen molar-refractivity contribution in [2.24, 2.45) is 10.9 Å². The van der Waals surface area contributed by atoms with Crippen LogP contribution in [0.25, 0.3) is 0 Å². The highest BCUT2D eigenvalue weighted by molar-refractivity contribution is 14.0. The van der Waals surface area contributed by atoms with E-state index in [9.17, 15) is 4.79 Å². The maximum absolute atomic E-state index is 12.0. The molecule has 0 radical (unpaired) electrons. The number of hydrogen-bond acceptors (Lipinski definition) is 4. The second kappa shape index (κ2) is 13.7. The summed E-state index contributed by atoms with van der Waals surface area (Å²) in [6.07, 6.45) is 0.502. The second-order valence-corrected chi connectivity index (χ2v) is 7.24. The van der Waals surface area contributed by atoms with Crippen molar-refractivity contribution in [2.45, 2.75) is 33.7 Å². The number of benzene rings is 2. The Hall–Kier alpha value is -2.49.